The highest BCUT2D eigenvalue weighted by Crippen LogP contribution is 2.29. The predicted molar refractivity (Wildman–Crippen MR) is 99.4 cm³/mol. The standard InChI is InChI=1S/C19H18N4O3/c1-25-15-6-7-16(17(9-15)26-2)23-18(24)13-5-3-4-12(8-13)14-10-21-19(20)22-11-14/h3-11H,1-2H3,(H,23,24)(H2,20,21,22). The third-order valence-electron chi connectivity index (χ3n) is 3.79. The Kier molecular flexibility index (Phi) is 4.98. The Labute approximate surface area is 150 Å². The summed E-state index contributed by atoms with van der Waals surface area (Å²) in [6, 6.07) is 12.4. The summed E-state index contributed by atoms with van der Waals surface area (Å²) in [4.78, 5) is 20.6. The molecule has 0 saturated carbocycles. The molecule has 0 bridgehead atoms. The number of methoxy groups -OCH3 is 2. The number of benzene rings is 2. The van der Waals surface area contributed by atoms with Gasteiger partial charge in [-0.25, -0.2) is 9.97 Å². The minimum absolute atomic E-state index is 0.203. The highest BCUT2D eigenvalue weighted by molar-refractivity contribution is 6.05. The molecular weight excluding hydrogens is 332 g/mol. The van der Waals surface area contributed by atoms with Gasteiger partial charge in [-0.3, -0.25) is 4.79 Å². The molecule has 1 heterocycles. The number of nitrogens with one attached hydrogen (secondary N) is 1. The van der Waals surface area contributed by atoms with Crippen molar-refractivity contribution < 1.29 is 14.3 Å². The quantitative estimate of drug-likeness (QED) is 0.734. The molecule has 0 unspecified atom stereocenters. The van der Waals surface area contributed by atoms with Crippen molar-refractivity contribution >= 4 is 17.5 Å². The van der Waals surface area contributed by atoms with Crippen LogP contribution in [0.5, 0.6) is 11.5 Å². The van der Waals surface area contributed by atoms with Gasteiger partial charge in [-0.05, 0) is 29.8 Å². The number of ether oxygens (including phenoxy) is 2. The van der Waals surface area contributed by atoms with Gasteiger partial charge in [-0.2, -0.15) is 0 Å². The van der Waals surface area contributed by atoms with Gasteiger partial charge in [0.15, 0.2) is 0 Å². The summed E-state index contributed by atoms with van der Waals surface area (Å²) in [5, 5.41) is 2.85. The van der Waals surface area contributed by atoms with Gasteiger partial charge in [0.1, 0.15) is 11.5 Å². The Morgan fingerprint density at radius 1 is 1.00 bits per heavy atom. The molecule has 0 atom stereocenters. The molecule has 7 heteroatoms. The van der Waals surface area contributed by atoms with Crippen molar-refractivity contribution in [2.75, 3.05) is 25.3 Å². The van der Waals surface area contributed by atoms with E-state index in [-0.39, 0.29) is 11.9 Å². The van der Waals surface area contributed by atoms with Crippen LogP contribution in [0.1, 0.15) is 10.4 Å². The first kappa shape index (κ1) is 17.2. The summed E-state index contributed by atoms with van der Waals surface area (Å²) in [6.45, 7) is 0. The maximum Gasteiger partial charge on any atom is 0.255 e. The van der Waals surface area contributed by atoms with E-state index in [9.17, 15) is 4.79 Å². The first-order valence-electron chi connectivity index (χ1n) is 7.82. The fourth-order valence-electron chi connectivity index (χ4n) is 2.42. The number of rotatable bonds is 5. The maximum atomic E-state index is 12.6. The van der Waals surface area contributed by atoms with E-state index in [0.29, 0.717) is 22.7 Å². The van der Waals surface area contributed by atoms with Crippen LogP contribution in [0.15, 0.2) is 54.9 Å². The number of amides is 1. The second-order valence-corrected chi connectivity index (χ2v) is 5.43. The normalized spacial score (nSPS) is 10.2. The molecule has 3 N–H and O–H groups in total. The number of aromatic nitrogens is 2. The van der Waals surface area contributed by atoms with Gasteiger partial charge in [-0.1, -0.05) is 12.1 Å². The molecule has 0 saturated heterocycles. The summed E-state index contributed by atoms with van der Waals surface area (Å²) in [6.07, 6.45) is 3.23. The van der Waals surface area contributed by atoms with E-state index in [4.69, 9.17) is 15.2 Å². The zero-order valence-electron chi connectivity index (χ0n) is 14.4. The van der Waals surface area contributed by atoms with Gasteiger partial charge in [0.2, 0.25) is 5.95 Å². The highest BCUT2D eigenvalue weighted by Gasteiger charge is 2.12. The van der Waals surface area contributed by atoms with E-state index in [1.807, 2.05) is 6.07 Å². The van der Waals surface area contributed by atoms with Crippen LogP contribution in [-0.4, -0.2) is 30.1 Å². The Morgan fingerprint density at radius 3 is 2.46 bits per heavy atom. The van der Waals surface area contributed by atoms with Crippen molar-refractivity contribution in [3.63, 3.8) is 0 Å². The molecule has 3 aromatic rings. The molecule has 0 radical (unpaired) electrons. The first-order valence-corrected chi connectivity index (χ1v) is 7.82. The summed E-state index contributed by atoms with van der Waals surface area (Å²) >= 11 is 0. The van der Waals surface area contributed by atoms with Crippen molar-refractivity contribution in [3.8, 4) is 22.6 Å². The lowest BCUT2D eigenvalue weighted by atomic mass is 10.1. The second-order valence-electron chi connectivity index (χ2n) is 5.43. The molecule has 0 aliphatic rings. The van der Waals surface area contributed by atoms with Crippen LogP contribution >= 0.6 is 0 Å². The zero-order valence-corrected chi connectivity index (χ0v) is 14.4. The first-order chi connectivity index (χ1) is 12.6. The van der Waals surface area contributed by atoms with E-state index >= 15 is 0 Å². The van der Waals surface area contributed by atoms with Gasteiger partial charge in [0, 0.05) is 29.6 Å². The third-order valence-corrected chi connectivity index (χ3v) is 3.79. The Morgan fingerprint density at radius 2 is 1.77 bits per heavy atom. The van der Waals surface area contributed by atoms with E-state index in [0.717, 1.165) is 11.1 Å². The topological polar surface area (TPSA) is 99.4 Å². The average Bonchev–Trinajstić information content (AvgIpc) is 2.69. The molecule has 0 spiro atoms. The maximum absolute atomic E-state index is 12.6. The van der Waals surface area contributed by atoms with Crippen LogP contribution in [0.25, 0.3) is 11.1 Å². The smallest absolute Gasteiger partial charge is 0.255 e. The van der Waals surface area contributed by atoms with Crippen molar-refractivity contribution in [3.05, 3.63) is 60.4 Å². The lowest BCUT2D eigenvalue weighted by molar-refractivity contribution is 0.102. The molecule has 0 aliphatic carbocycles. The van der Waals surface area contributed by atoms with E-state index in [1.54, 1.807) is 55.9 Å². The molecule has 7 nitrogen and oxygen atoms in total. The largest absolute Gasteiger partial charge is 0.497 e. The van der Waals surface area contributed by atoms with E-state index in [2.05, 4.69) is 15.3 Å². The highest BCUT2D eigenvalue weighted by atomic mass is 16.5. The van der Waals surface area contributed by atoms with E-state index in [1.165, 1.54) is 7.11 Å². The van der Waals surface area contributed by atoms with Crippen molar-refractivity contribution in [2.45, 2.75) is 0 Å². The second kappa shape index (κ2) is 7.52. The Hall–Kier alpha value is -3.61. The lowest BCUT2D eigenvalue weighted by Crippen LogP contribution is -2.12. The minimum Gasteiger partial charge on any atom is -0.497 e. The predicted octanol–water partition coefficient (Wildman–Crippen LogP) is 3.00. The number of nitrogens with zero attached hydrogens (tertiary/aromatic N) is 2. The van der Waals surface area contributed by atoms with Gasteiger partial charge in [0.05, 0.1) is 19.9 Å². The number of nitrogen functional groups attached to an aromatic ring is 1. The Bertz CT molecular complexity index is 926. The van der Waals surface area contributed by atoms with Crippen LogP contribution in [0, 0.1) is 0 Å². The summed E-state index contributed by atoms with van der Waals surface area (Å²) in [5.74, 6) is 1.10. The van der Waals surface area contributed by atoms with Crippen LogP contribution in [0.4, 0.5) is 11.6 Å². The van der Waals surface area contributed by atoms with Crippen molar-refractivity contribution in [2.24, 2.45) is 0 Å². The molecule has 0 fully saturated rings. The average molecular weight is 350 g/mol. The van der Waals surface area contributed by atoms with Gasteiger partial charge in [-0.15, -0.1) is 0 Å². The lowest BCUT2D eigenvalue weighted by Gasteiger charge is -2.12. The van der Waals surface area contributed by atoms with Crippen LogP contribution in [0.2, 0.25) is 0 Å². The molecule has 2 aromatic carbocycles. The number of nitrogens with two attached hydrogens (primary N) is 1. The van der Waals surface area contributed by atoms with Crippen molar-refractivity contribution in [1.82, 2.24) is 9.97 Å². The number of carbonyl (C=O) groups is 1. The molecule has 1 aromatic heterocycles. The van der Waals surface area contributed by atoms with Gasteiger partial charge >= 0.3 is 0 Å². The molecular formula is C19H18N4O3. The summed E-state index contributed by atoms with van der Waals surface area (Å²) in [5.41, 5.74) is 8.16. The van der Waals surface area contributed by atoms with Crippen molar-refractivity contribution in [1.29, 1.82) is 0 Å². The summed E-state index contributed by atoms with van der Waals surface area (Å²) < 4.78 is 10.5. The fraction of sp³-hybridized carbons (Fsp3) is 0.105. The van der Waals surface area contributed by atoms with Crippen LogP contribution < -0.4 is 20.5 Å². The molecule has 1 amide bonds. The number of hydrogen-bond donors (Lipinski definition) is 2. The SMILES string of the molecule is COc1ccc(NC(=O)c2cccc(-c3cnc(N)nc3)c2)c(OC)c1. The zero-order chi connectivity index (χ0) is 18.5. The number of anilines is 2. The Balaban J connectivity index is 1.85. The molecule has 132 valence electrons. The van der Waals surface area contributed by atoms with Crippen LogP contribution in [-0.2, 0) is 0 Å². The van der Waals surface area contributed by atoms with Crippen LogP contribution in [0.3, 0.4) is 0 Å². The molecule has 26 heavy (non-hydrogen) atoms. The number of carbonyl (C=O) groups excluding carboxylic acids is 1. The minimum atomic E-state index is -0.258. The van der Waals surface area contributed by atoms with Gasteiger partial charge < -0.3 is 20.5 Å². The third kappa shape index (κ3) is 3.72. The monoisotopic (exact) mass is 350 g/mol. The fourth-order valence-corrected chi connectivity index (χ4v) is 2.42. The molecule has 0 aliphatic heterocycles. The van der Waals surface area contributed by atoms with E-state index < -0.39 is 0 Å². The summed E-state index contributed by atoms with van der Waals surface area (Å²) in [7, 11) is 3.10. The molecule has 3 rings (SSSR count). The van der Waals surface area contributed by atoms with Gasteiger partial charge in [0.25, 0.3) is 5.91 Å². The number of hydrogen-bond acceptors (Lipinski definition) is 6.